The Morgan fingerprint density at radius 1 is 1.07 bits per heavy atom. The number of anilines is 1. The quantitative estimate of drug-likeness (QED) is 0.741. The molecule has 4 rings (SSSR count). The van der Waals surface area contributed by atoms with Crippen LogP contribution < -0.4 is 5.32 Å². The van der Waals surface area contributed by atoms with Gasteiger partial charge in [0.05, 0.1) is 0 Å². The highest BCUT2D eigenvalue weighted by atomic mass is 16.5. The molecule has 2 aromatic rings. The number of ether oxygens (including phenoxy) is 1. The smallest absolute Gasteiger partial charge is 0.411 e. The summed E-state index contributed by atoms with van der Waals surface area (Å²) in [6.45, 7) is 3.92. The molecular weight excluding hydrogens is 348 g/mol. The van der Waals surface area contributed by atoms with E-state index in [1.165, 1.54) is 44.2 Å². The van der Waals surface area contributed by atoms with Gasteiger partial charge in [-0.25, -0.2) is 4.79 Å². The van der Waals surface area contributed by atoms with Crippen LogP contribution in [0.1, 0.15) is 56.1 Å². The predicted octanol–water partition coefficient (Wildman–Crippen LogP) is 5.56. The molecule has 0 aromatic heterocycles. The van der Waals surface area contributed by atoms with Gasteiger partial charge in [0.25, 0.3) is 0 Å². The summed E-state index contributed by atoms with van der Waals surface area (Å²) in [5.74, 6) is 0.636. The molecule has 0 spiro atoms. The zero-order valence-electron chi connectivity index (χ0n) is 16.6. The van der Waals surface area contributed by atoms with E-state index in [2.05, 4.69) is 29.3 Å². The summed E-state index contributed by atoms with van der Waals surface area (Å²) < 4.78 is 5.29. The second kappa shape index (κ2) is 8.78. The minimum Gasteiger partial charge on any atom is -0.444 e. The zero-order valence-corrected chi connectivity index (χ0v) is 16.6. The summed E-state index contributed by atoms with van der Waals surface area (Å²) in [7, 11) is 0. The van der Waals surface area contributed by atoms with Crippen molar-refractivity contribution in [3.05, 3.63) is 65.7 Å². The number of hydrogen-bond donors (Lipinski definition) is 1. The Bertz CT molecular complexity index is 775. The number of carbonyl (C=O) groups is 1. The van der Waals surface area contributed by atoms with Gasteiger partial charge in [-0.15, -0.1) is 0 Å². The van der Waals surface area contributed by atoms with Crippen LogP contribution in [0.3, 0.4) is 0 Å². The molecule has 2 aliphatic rings. The fourth-order valence-corrected chi connectivity index (χ4v) is 4.78. The first kappa shape index (κ1) is 19.0. The van der Waals surface area contributed by atoms with Gasteiger partial charge in [-0.2, -0.15) is 0 Å². The molecule has 0 bridgehead atoms. The van der Waals surface area contributed by atoms with Crippen molar-refractivity contribution < 1.29 is 9.53 Å². The Balaban J connectivity index is 1.27. The lowest BCUT2D eigenvalue weighted by Crippen LogP contribution is -2.35. The molecule has 28 heavy (non-hydrogen) atoms. The van der Waals surface area contributed by atoms with Gasteiger partial charge in [-0.1, -0.05) is 42.5 Å². The highest BCUT2D eigenvalue weighted by Crippen LogP contribution is 2.39. The first-order chi connectivity index (χ1) is 13.7. The standard InChI is InChI=1S/C24H30N2O2/c1-18-6-5-15-26(18)23-14-11-21(16-23)20-9-12-22(13-10-20)25-24(27)28-17-19-7-3-2-4-8-19/h2-4,7-10,12-13,18,21,23H,5-6,11,14-17H2,1H3,(H,25,27). The average molecular weight is 379 g/mol. The van der Waals surface area contributed by atoms with Crippen molar-refractivity contribution in [1.29, 1.82) is 0 Å². The van der Waals surface area contributed by atoms with Crippen LogP contribution in [0.15, 0.2) is 54.6 Å². The molecule has 148 valence electrons. The zero-order chi connectivity index (χ0) is 19.3. The van der Waals surface area contributed by atoms with Crippen LogP contribution >= 0.6 is 0 Å². The van der Waals surface area contributed by atoms with Crippen molar-refractivity contribution in [3.63, 3.8) is 0 Å². The van der Waals surface area contributed by atoms with Gasteiger partial charge >= 0.3 is 6.09 Å². The van der Waals surface area contributed by atoms with E-state index < -0.39 is 6.09 Å². The van der Waals surface area contributed by atoms with Crippen LogP contribution in [0.2, 0.25) is 0 Å². The van der Waals surface area contributed by atoms with Crippen LogP contribution in [0.5, 0.6) is 0 Å². The molecular formula is C24H30N2O2. The molecule has 2 aromatic carbocycles. The number of hydrogen-bond acceptors (Lipinski definition) is 3. The molecule has 1 amide bonds. The summed E-state index contributed by atoms with van der Waals surface area (Å²) in [5.41, 5.74) is 3.15. The monoisotopic (exact) mass is 378 g/mol. The second-order valence-electron chi connectivity index (χ2n) is 8.20. The molecule has 2 fully saturated rings. The van der Waals surface area contributed by atoms with Crippen LogP contribution in [0, 0.1) is 0 Å². The Labute approximate surface area is 167 Å². The Morgan fingerprint density at radius 3 is 2.57 bits per heavy atom. The number of nitrogens with one attached hydrogen (secondary N) is 1. The Hall–Kier alpha value is -2.33. The molecule has 1 N–H and O–H groups in total. The van der Waals surface area contributed by atoms with Gasteiger partial charge in [-0.05, 0) is 74.8 Å². The number of carbonyl (C=O) groups excluding carboxylic acids is 1. The average Bonchev–Trinajstić information content (AvgIpc) is 3.37. The van der Waals surface area contributed by atoms with E-state index in [-0.39, 0.29) is 6.61 Å². The van der Waals surface area contributed by atoms with Crippen molar-refractivity contribution in [2.45, 2.75) is 63.6 Å². The van der Waals surface area contributed by atoms with Gasteiger partial charge in [0.2, 0.25) is 0 Å². The highest BCUT2D eigenvalue weighted by Gasteiger charge is 2.34. The third-order valence-electron chi connectivity index (χ3n) is 6.32. The lowest BCUT2D eigenvalue weighted by Gasteiger charge is -2.28. The molecule has 3 unspecified atom stereocenters. The number of rotatable bonds is 5. The molecule has 1 saturated heterocycles. The fourth-order valence-electron chi connectivity index (χ4n) is 4.78. The molecule has 1 aliphatic carbocycles. The number of nitrogens with zero attached hydrogens (tertiary/aromatic N) is 1. The van der Waals surface area contributed by atoms with Crippen LogP contribution in [0.25, 0.3) is 0 Å². The first-order valence-electron chi connectivity index (χ1n) is 10.5. The summed E-state index contributed by atoms with van der Waals surface area (Å²) in [5, 5.41) is 2.82. The third kappa shape index (κ3) is 4.56. The molecule has 4 heteroatoms. The van der Waals surface area contributed by atoms with Crippen molar-refractivity contribution in [2.75, 3.05) is 11.9 Å². The lowest BCUT2D eigenvalue weighted by molar-refractivity contribution is 0.155. The number of amides is 1. The molecule has 3 atom stereocenters. The maximum absolute atomic E-state index is 12.0. The van der Waals surface area contributed by atoms with E-state index >= 15 is 0 Å². The van der Waals surface area contributed by atoms with Gasteiger partial charge in [-0.3, -0.25) is 10.2 Å². The van der Waals surface area contributed by atoms with Gasteiger partial charge in [0.1, 0.15) is 6.61 Å². The van der Waals surface area contributed by atoms with Gasteiger partial charge in [0, 0.05) is 17.8 Å². The van der Waals surface area contributed by atoms with E-state index in [9.17, 15) is 4.79 Å². The largest absolute Gasteiger partial charge is 0.444 e. The molecule has 4 nitrogen and oxygen atoms in total. The van der Waals surface area contributed by atoms with Crippen LogP contribution in [-0.2, 0) is 11.3 Å². The fraction of sp³-hybridized carbons (Fsp3) is 0.458. The van der Waals surface area contributed by atoms with E-state index in [4.69, 9.17) is 4.74 Å². The summed E-state index contributed by atoms with van der Waals surface area (Å²) in [4.78, 5) is 14.7. The summed E-state index contributed by atoms with van der Waals surface area (Å²) >= 11 is 0. The Kier molecular flexibility index (Phi) is 5.96. The van der Waals surface area contributed by atoms with E-state index in [1.807, 2.05) is 42.5 Å². The van der Waals surface area contributed by atoms with Crippen molar-refractivity contribution in [3.8, 4) is 0 Å². The minimum atomic E-state index is -0.416. The van der Waals surface area contributed by atoms with Crippen LogP contribution in [0.4, 0.5) is 10.5 Å². The molecule has 1 heterocycles. The Morgan fingerprint density at radius 2 is 1.86 bits per heavy atom. The third-order valence-corrected chi connectivity index (χ3v) is 6.32. The molecule has 1 saturated carbocycles. The maximum atomic E-state index is 12.0. The lowest BCUT2D eigenvalue weighted by atomic mass is 9.97. The SMILES string of the molecule is CC1CCCN1C1CCC(c2ccc(NC(=O)OCc3ccccc3)cc2)C1. The highest BCUT2D eigenvalue weighted by molar-refractivity contribution is 5.84. The van der Waals surface area contributed by atoms with Crippen molar-refractivity contribution >= 4 is 11.8 Å². The van der Waals surface area contributed by atoms with Crippen molar-refractivity contribution in [1.82, 2.24) is 4.90 Å². The molecule has 0 radical (unpaired) electrons. The van der Waals surface area contributed by atoms with Gasteiger partial charge < -0.3 is 4.74 Å². The van der Waals surface area contributed by atoms with E-state index in [0.29, 0.717) is 5.92 Å². The molecule has 1 aliphatic heterocycles. The first-order valence-corrected chi connectivity index (χ1v) is 10.5. The van der Waals surface area contributed by atoms with Crippen molar-refractivity contribution in [2.24, 2.45) is 0 Å². The number of likely N-dealkylation sites (tertiary alicyclic amines) is 1. The second-order valence-corrected chi connectivity index (χ2v) is 8.20. The number of benzene rings is 2. The topological polar surface area (TPSA) is 41.6 Å². The summed E-state index contributed by atoms with van der Waals surface area (Å²) in [6.07, 6.45) is 6.11. The minimum absolute atomic E-state index is 0.281. The predicted molar refractivity (Wildman–Crippen MR) is 112 cm³/mol. The summed E-state index contributed by atoms with van der Waals surface area (Å²) in [6, 6.07) is 19.5. The normalized spacial score (nSPS) is 25.0. The van der Waals surface area contributed by atoms with E-state index in [0.717, 1.165) is 23.3 Å². The van der Waals surface area contributed by atoms with Crippen LogP contribution in [-0.4, -0.2) is 29.6 Å². The maximum Gasteiger partial charge on any atom is 0.411 e. The van der Waals surface area contributed by atoms with Gasteiger partial charge in [0.15, 0.2) is 0 Å². The van der Waals surface area contributed by atoms with E-state index in [1.54, 1.807) is 0 Å².